The van der Waals surface area contributed by atoms with E-state index in [1.54, 1.807) is 7.11 Å². The number of ether oxygens (including phenoxy) is 2. The minimum Gasteiger partial charge on any atom is -0.493 e. The number of hydrogen-bond acceptors (Lipinski definition) is 5. The molecule has 2 N–H and O–H groups in total. The Balaban J connectivity index is 1.84. The number of rotatable bonds is 4. The number of nitrogens with zero attached hydrogens (tertiary/aromatic N) is 1. The Kier molecular flexibility index (Phi) is 4.86. The molecule has 0 spiro atoms. The largest absolute Gasteiger partial charge is 0.493 e. The highest BCUT2D eigenvalue weighted by molar-refractivity contribution is 5.49. The van der Waals surface area contributed by atoms with Gasteiger partial charge in [-0.3, -0.25) is 4.90 Å². The van der Waals surface area contributed by atoms with Crippen LogP contribution in [-0.4, -0.2) is 54.1 Å². The van der Waals surface area contributed by atoms with Gasteiger partial charge in [0.05, 0.1) is 13.2 Å². The Bertz CT molecular complexity index is 505. The fraction of sp³-hybridized carbons (Fsp3) is 0.647. The smallest absolute Gasteiger partial charge is 0.167 e. The van der Waals surface area contributed by atoms with Crippen LogP contribution in [0, 0.1) is 0 Å². The molecular formula is C17H25NO4. The van der Waals surface area contributed by atoms with Gasteiger partial charge in [-0.2, -0.15) is 0 Å². The summed E-state index contributed by atoms with van der Waals surface area (Å²) in [7, 11) is 1.61. The van der Waals surface area contributed by atoms with Gasteiger partial charge in [0.15, 0.2) is 11.5 Å². The van der Waals surface area contributed by atoms with Gasteiger partial charge < -0.3 is 19.7 Å². The van der Waals surface area contributed by atoms with Crippen molar-refractivity contribution in [2.45, 2.75) is 43.9 Å². The van der Waals surface area contributed by atoms with E-state index in [9.17, 15) is 10.2 Å². The van der Waals surface area contributed by atoms with Crippen LogP contribution in [0.25, 0.3) is 0 Å². The Morgan fingerprint density at radius 1 is 1.36 bits per heavy atom. The van der Waals surface area contributed by atoms with Crippen molar-refractivity contribution in [3.8, 4) is 11.5 Å². The number of fused-ring (bicyclic) bond motifs is 1. The van der Waals surface area contributed by atoms with E-state index >= 15 is 0 Å². The van der Waals surface area contributed by atoms with Crippen molar-refractivity contribution < 1.29 is 19.7 Å². The fourth-order valence-corrected chi connectivity index (χ4v) is 3.74. The molecule has 2 aliphatic rings. The van der Waals surface area contributed by atoms with E-state index < -0.39 is 6.10 Å². The van der Waals surface area contributed by atoms with Crippen LogP contribution in [0.5, 0.6) is 11.5 Å². The number of piperidine rings is 1. The Morgan fingerprint density at radius 2 is 2.23 bits per heavy atom. The van der Waals surface area contributed by atoms with Gasteiger partial charge in [-0.25, -0.2) is 0 Å². The van der Waals surface area contributed by atoms with Crippen LogP contribution < -0.4 is 9.47 Å². The van der Waals surface area contributed by atoms with E-state index in [0.29, 0.717) is 24.1 Å². The lowest BCUT2D eigenvalue weighted by Crippen LogP contribution is -2.52. The molecular weight excluding hydrogens is 282 g/mol. The molecule has 3 atom stereocenters. The van der Waals surface area contributed by atoms with E-state index in [-0.39, 0.29) is 12.6 Å². The molecule has 3 rings (SSSR count). The molecule has 0 radical (unpaired) electrons. The van der Waals surface area contributed by atoms with Crippen molar-refractivity contribution in [2.24, 2.45) is 0 Å². The van der Waals surface area contributed by atoms with Crippen molar-refractivity contribution in [3.63, 3.8) is 0 Å². The monoisotopic (exact) mass is 307 g/mol. The molecule has 1 fully saturated rings. The first-order valence-corrected chi connectivity index (χ1v) is 8.10. The number of benzene rings is 1. The zero-order valence-corrected chi connectivity index (χ0v) is 13.1. The van der Waals surface area contributed by atoms with E-state index in [1.165, 1.54) is 6.42 Å². The van der Waals surface area contributed by atoms with Crippen molar-refractivity contribution in [2.75, 3.05) is 26.9 Å². The number of para-hydroxylation sites is 1. The second kappa shape index (κ2) is 6.86. The zero-order chi connectivity index (χ0) is 15.5. The molecule has 0 saturated carbocycles. The highest BCUT2D eigenvalue weighted by Crippen LogP contribution is 2.41. The Labute approximate surface area is 131 Å². The van der Waals surface area contributed by atoms with E-state index in [2.05, 4.69) is 4.90 Å². The molecule has 122 valence electrons. The average Bonchev–Trinajstić information content (AvgIpc) is 2.56. The maximum atomic E-state index is 10.8. The van der Waals surface area contributed by atoms with Crippen LogP contribution >= 0.6 is 0 Å². The van der Waals surface area contributed by atoms with Gasteiger partial charge in [-0.15, -0.1) is 0 Å². The minimum absolute atomic E-state index is 0.0588. The summed E-state index contributed by atoms with van der Waals surface area (Å²) in [6.45, 7) is 1.60. The summed E-state index contributed by atoms with van der Waals surface area (Å²) in [4.78, 5) is 2.33. The number of aliphatic hydroxyl groups excluding tert-OH is 2. The number of methoxy groups -OCH3 is 1. The SMILES string of the molecule is COc1cccc2c1OCC(N1CCCCC1CCO)C2O. The van der Waals surface area contributed by atoms with Crippen LogP contribution in [0.15, 0.2) is 18.2 Å². The van der Waals surface area contributed by atoms with E-state index in [4.69, 9.17) is 9.47 Å². The van der Waals surface area contributed by atoms with Crippen molar-refractivity contribution in [3.05, 3.63) is 23.8 Å². The van der Waals surface area contributed by atoms with Gasteiger partial charge in [0, 0.05) is 18.2 Å². The van der Waals surface area contributed by atoms with Gasteiger partial charge in [-0.1, -0.05) is 18.6 Å². The van der Waals surface area contributed by atoms with Crippen LogP contribution in [-0.2, 0) is 0 Å². The topological polar surface area (TPSA) is 62.2 Å². The molecule has 22 heavy (non-hydrogen) atoms. The molecule has 0 aromatic heterocycles. The van der Waals surface area contributed by atoms with Gasteiger partial charge in [0.25, 0.3) is 0 Å². The normalized spacial score (nSPS) is 28.8. The minimum atomic E-state index is -0.585. The molecule has 5 heteroatoms. The van der Waals surface area contributed by atoms with Crippen molar-refractivity contribution >= 4 is 0 Å². The summed E-state index contributed by atoms with van der Waals surface area (Å²) in [5.74, 6) is 1.32. The van der Waals surface area contributed by atoms with Crippen LogP contribution in [0.3, 0.4) is 0 Å². The molecule has 0 aliphatic carbocycles. The summed E-state index contributed by atoms with van der Waals surface area (Å²) in [5.41, 5.74) is 0.795. The summed E-state index contributed by atoms with van der Waals surface area (Å²) in [5, 5.41) is 20.1. The van der Waals surface area contributed by atoms with Crippen LogP contribution in [0.1, 0.15) is 37.4 Å². The lowest BCUT2D eigenvalue weighted by molar-refractivity contribution is -0.0338. The predicted molar refractivity (Wildman–Crippen MR) is 83.3 cm³/mol. The molecule has 1 aromatic rings. The third kappa shape index (κ3) is 2.81. The first-order chi connectivity index (χ1) is 10.8. The maximum Gasteiger partial charge on any atom is 0.167 e. The highest BCUT2D eigenvalue weighted by atomic mass is 16.5. The van der Waals surface area contributed by atoms with E-state index in [0.717, 1.165) is 31.4 Å². The molecule has 3 unspecified atom stereocenters. The molecule has 0 bridgehead atoms. The van der Waals surface area contributed by atoms with Gasteiger partial charge in [0.2, 0.25) is 0 Å². The Morgan fingerprint density at radius 3 is 3.00 bits per heavy atom. The molecule has 2 aliphatic heterocycles. The van der Waals surface area contributed by atoms with E-state index in [1.807, 2.05) is 18.2 Å². The lowest BCUT2D eigenvalue weighted by Gasteiger charge is -2.44. The molecule has 2 heterocycles. The molecule has 1 aromatic carbocycles. The maximum absolute atomic E-state index is 10.8. The zero-order valence-electron chi connectivity index (χ0n) is 13.1. The summed E-state index contributed by atoms with van der Waals surface area (Å²) < 4.78 is 11.2. The second-order valence-corrected chi connectivity index (χ2v) is 6.10. The summed E-state index contributed by atoms with van der Waals surface area (Å²) in [6.07, 6.45) is 3.58. The quantitative estimate of drug-likeness (QED) is 0.887. The molecule has 5 nitrogen and oxygen atoms in total. The lowest BCUT2D eigenvalue weighted by atomic mass is 9.92. The van der Waals surface area contributed by atoms with Gasteiger partial charge >= 0.3 is 0 Å². The first-order valence-electron chi connectivity index (χ1n) is 8.10. The second-order valence-electron chi connectivity index (χ2n) is 6.10. The third-order valence-corrected chi connectivity index (χ3v) is 4.87. The van der Waals surface area contributed by atoms with Gasteiger partial charge in [-0.05, 0) is 31.9 Å². The summed E-state index contributed by atoms with van der Waals surface area (Å²) >= 11 is 0. The van der Waals surface area contributed by atoms with Crippen LogP contribution in [0.4, 0.5) is 0 Å². The molecule has 1 saturated heterocycles. The van der Waals surface area contributed by atoms with Crippen molar-refractivity contribution in [1.29, 1.82) is 0 Å². The average molecular weight is 307 g/mol. The number of aliphatic hydroxyl groups is 2. The first kappa shape index (κ1) is 15.6. The Hall–Kier alpha value is -1.30. The standard InChI is InChI=1S/C17H25NO4/c1-21-15-7-4-6-13-16(20)14(11-22-17(13)15)18-9-3-2-5-12(18)8-10-19/h4,6-7,12,14,16,19-20H,2-3,5,8-11H2,1H3. The number of likely N-dealkylation sites (tertiary alicyclic amines) is 1. The molecule has 0 amide bonds. The van der Waals surface area contributed by atoms with Crippen LogP contribution in [0.2, 0.25) is 0 Å². The predicted octanol–water partition coefficient (Wildman–Crippen LogP) is 1.73. The van der Waals surface area contributed by atoms with Gasteiger partial charge in [0.1, 0.15) is 12.7 Å². The summed E-state index contributed by atoms with van der Waals surface area (Å²) in [6, 6.07) is 5.90. The highest BCUT2D eigenvalue weighted by Gasteiger charge is 2.38. The van der Waals surface area contributed by atoms with Crippen molar-refractivity contribution in [1.82, 2.24) is 4.90 Å². The number of hydrogen-bond donors (Lipinski definition) is 2. The third-order valence-electron chi connectivity index (χ3n) is 4.87. The fourth-order valence-electron chi connectivity index (χ4n) is 3.74.